The number of hydrogen-bond acceptors (Lipinski definition) is 6. The number of ether oxygens (including phenoxy) is 2. The topological polar surface area (TPSA) is 97.9 Å². The normalized spacial score (nSPS) is 16.4. The van der Waals surface area contributed by atoms with Crippen LogP contribution in [0, 0.1) is 5.92 Å². The Hall–Kier alpha value is -2.35. The molecule has 0 aliphatic carbocycles. The number of methoxy groups -OCH3 is 1. The van der Waals surface area contributed by atoms with E-state index in [0.29, 0.717) is 23.1 Å². The van der Waals surface area contributed by atoms with E-state index in [-0.39, 0.29) is 18.4 Å². The van der Waals surface area contributed by atoms with E-state index in [1.54, 1.807) is 25.6 Å². The molecule has 2 aromatic rings. The van der Waals surface area contributed by atoms with Gasteiger partial charge in [0.2, 0.25) is 5.91 Å². The van der Waals surface area contributed by atoms with Gasteiger partial charge in [0.15, 0.2) is 0 Å². The van der Waals surface area contributed by atoms with Gasteiger partial charge in [-0.05, 0) is 49.7 Å². The minimum atomic E-state index is -0.650. The van der Waals surface area contributed by atoms with Gasteiger partial charge in [-0.2, -0.15) is 0 Å². The van der Waals surface area contributed by atoms with E-state index in [9.17, 15) is 9.90 Å². The monoisotopic (exact) mass is 419 g/mol. The zero-order chi connectivity index (χ0) is 20.8. The number of primary amides is 1. The minimum absolute atomic E-state index is 0.0594. The summed E-state index contributed by atoms with van der Waals surface area (Å²) >= 11 is 6.04. The lowest BCUT2D eigenvalue weighted by molar-refractivity contribution is -0.123. The predicted molar refractivity (Wildman–Crippen MR) is 111 cm³/mol. The van der Waals surface area contributed by atoms with E-state index in [4.69, 9.17) is 26.8 Å². The van der Waals surface area contributed by atoms with Crippen LogP contribution >= 0.6 is 11.6 Å². The van der Waals surface area contributed by atoms with Crippen molar-refractivity contribution in [3.63, 3.8) is 0 Å². The molecule has 156 valence electrons. The number of aliphatic hydroxyl groups is 1. The second kappa shape index (κ2) is 9.91. The first-order valence-electron chi connectivity index (χ1n) is 9.57. The van der Waals surface area contributed by atoms with Crippen LogP contribution in [0.1, 0.15) is 12.8 Å². The quantitative estimate of drug-likeness (QED) is 0.681. The smallest absolute Gasteiger partial charge is 0.220 e. The van der Waals surface area contributed by atoms with Gasteiger partial charge in [-0.15, -0.1) is 0 Å². The van der Waals surface area contributed by atoms with Gasteiger partial charge < -0.3 is 25.2 Å². The third kappa shape index (κ3) is 6.06. The number of carbonyl (C=O) groups excluding carboxylic acids is 1. The number of nitrogens with two attached hydrogens (primary N) is 1. The molecule has 3 N–H and O–H groups in total. The number of halogens is 1. The molecule has 29 heavy (non-hydrogen) atoms. The number of aliphatic hydroxyl groups excluding tert-OH is 1. The van der Waals surface area contributed by atoms with Crippen molar-refractivity contribution >= 4 is 17.5 Å². The highest BCUT2D eigenvalue weighted by Gasteiger charge is 2.24. The highest BCUT2D eigenvalue weighted by molar-refractivity contribution is 6.30. The molecule has 7 nitrogen and oxygen atoms in total. The van der Waals surface area contributed by atoms with Crippen molar-refractivity contribution in [3.05, 3.63) is 41.7 Å². The molecule has 0 radical (unpaired) electrons. The molecular formula is C21H26ClN3O4. The number of piperidine rings is 1. The van der Waals surface area contributed by atoms with Gasteiger partial charge in [0.1, 0.15) is 24.2 Å². The molecule has 1 atom stereocenters. The van der Waals surface area contributed by atoms with Crippen LogP contribution in [0.4, 0.5) is 0 Å². The number of hydrogen-bond donors (Lipinski definition) is 2. The number of likely N-dealkylation sites (tertiary alicyclic amines) is 1. The molecular weight excluding hydrogens is 394 g/mol. The zero-order valence-electron chi connectivity index (χ0n) is 16.4. The molecule has 1 aliphatic heterocycles. The Balaban J connectivity index is 1.58. The molecule has 0 bridgehead atoms. The second-order valence-corrected chi connectivity index (χ2v) is 7.67. The number of carbonyl (C=O) groups is 1. The first-order chi connectivity index (χ1) is 13.9. The molecule has 1 fully saturated rings. The van der Waals surface area contributed by atoms with Crippen LogP contribution in [0.3, 0.4) is 0 Å². The van der Waals surface area contributed by atoms with E-state index < -0.39 is 6.10 Å². The van der Waals surface area contributed by atoms with E-state index in [1.165, 1.54) is 0 Å². The van der Waals surface area contributed by atoms with Crippen molar-refractivity contribution < 1.29 is 19.4 Å². The van der Waals surface area contributed by atoms with Crippen LogP contribution in [-0.4, -0.2) is 60.4 Å². The largest absolute Gasteiger partial charge is 0.497 e. The fraction of sp³-hybridized carbons (Fsp3) is 0.429. The maximum absolute atomic E-state index is 11.3. The molecule has 0 saturated carbocycles. The summed E-state index contributed by atoms with van der Waals surface area (Å²) in [5.74, 6) is 0.930. The molecule has 1 aromatic heterocycles. The highest BCUT2D eigenvalue weighted by Crippen LogP contribution is 2.30. The number of aromatic nitrogens is 1. The molecule has 0 spiro atoms. The molecule has 1 aliphatic rings. The van der Waals surface area contributed by atoms with Crippen molar-refractivity contribution in [3.8, 4) is 22.6 Å². The van der Waals surface area contributed by atoms with E-state index >= 15 is 0 Å². The van der Waals surface area contributed by atoms with Crippen molar-refractivity contribution in [1.82, 2.24) is 9.88 Å². The molecule has 1 aromatic carbocycles. The lowest BCUT2D eigenvalue weighted by Crippen LogP contribution is -2.43. The Bertz CT molecular complexity index is 840. The average molecular weight is 420 g/mol. The van der Waals surface area contributed by atoms with Gasteiger partial charge in [-0.25, -0.2) is 0 Å². The third-order valence-corrected chi connectivity index (χ3v) is 5.26. The summed E-state index contributed by atoms with van der Waals surface area (Å²) in [6.07, 6.45) is 4.11. The van der Waals surface area contributed by atoms with Crippen LogP contribution < -0.4 is 15.2 Å². The van der Waals surface area contributed by atoms with Gasteiger partial charge in [0.05, 0.1) is 12.1 Å². The predicted octanol–water partition coefficient (Wildman–Crippen LogP) is 2.35. The summed E-state index contributed by atoms with van der Waals surface area (Å²) in [5, 5.41) is 10.9. The van der Waals surface area contributed by atoms with E-state index in [0.717, 1.165) is 37.1 Å². The van der Waals surface area contributed by atoms with Gasteiger partial charge in [-0.3, -0.25) is 9.78 Å². The molecule has 1 unspecified atom stereocenters. The Morgan fingerprint density at radius 2 is 1.97 bits per heavy atom. The molecule has 3 rings (SSSR count). The maximum atomic E-state index is 11.3. The summed E-state index contributed by atoms with van der Waals surface area (Å²) in [6.45, 7) is 2.13. The number of amides is 1. The molecule has 2 heterocycles. The summed E-state index contributed by atoms with van der Waals surface area (Å²) in [4.78, 5) is 17.5. The summed E-state index contributed by atoms with van der Waals surface area (Å²) in [6, 6.07) is 7.32. The number of nitrogens with zero attached hydrogens (tertiary/aromatic N) is 2. The van der Waals surface area contributed by atoms with Crippen molar-refractivity contribution in [2.24, 2.45) is 11.7 Å². The summed E-state index contributed by atoms with van der Waals surface area (Å²) in [5.41, 5.74) is 7.07. The number of rotatable bonds is 8. The maximum Gasteiger partial charge on any atom is 0.220 e. The molecule has 1 saturated heterocycles. The van der Waals surface area contributed by atoms with Crippen LogP contribution in [-0.2, 0) is 4.79 Å². The summed E-state index contributed by atoms with van der Waals surface area (Å²) < 4.78 is 11.2. The first-order valence-corrected chi connectivity index (χ1v) is 9.95. The van der Waals surface area contributed by atoms with Gasteiger partial charge >= 0.3 is 0 Å². The number of β-amino-alcohol motifs (C(OH)–C–C–N with tert-alkyl or cyclic N) is 1. The first kappa shape index (κ1) is 21.4. The Morgan fingerprint density at radius 1 is 1.24 bits per heavy atom. The van der Waals surface area contributed by atoms with Gasteiger partial charge in [0.25, 0.3) is 0 Å². The van der Waals surface area contributed by atoms with Gasteiger partial charge in [-0.1, -0.05) is 11.6 Å². The lowest BCUT2D eigenvalue weighted by atomic mass is 9.96. The number of benzene rings is 1. The van der Waals surface area contributed by atoms with Crippen molar-refractivity contribution in [2.45, 2.75) is 18.9 Å². The lowest BCUT2D eigenvalue weighted by Gasteiger charge is -2.31. The highest BCUT2D eigenvalue weighted by atomic mass is 35.5. The van der Waals surface area contributed by atoms with Crippen molar-refractivity contribution in [1.29, 1.82) is 0 Å². The van der Waals surface area contributed by atoms with Crippen LogP contribution in [0.2, 0.25) is 5.02 Å². The Morgan fingerprint density at radius 3 is 2.62 bits per heavy atom. The third-order valence-electron chi connectivity index (χ3n) is 5.06. The van der Waals surface area contributed by atoms with Crippen LogP contribution in [0.25, 0.3) is 11.1 Å². The van der Waals surface area contributed by atoms with Crippen LogP contribution in [0.5, 0.6) is 11.5 Å². The van der Waals surface area contributed by atoms with E-state index in [1.807, 2.05) is 18.2 Å². The fourth-order valence-electron chi connectivity index (χ4n) is 3.45. The van der Waals surface area contributed by atoms with E-state index in [2.05, 4.69) is 9.88 Å². The Kier molecular flexibility index (Phi) is 7.30. The summed E-state index contributed by atoms with van der Waals surface area (Å²) in [7, 11) is 1.59. The second-order valence-electron chi connectivity index (χ2n) is 7.23. The average Bonchev–Trinajstić information content (AvgIpc) is 2.72. The SMILES string of the molecule is COc1cc(OCC(O)CN2CCC(C(N)=O)CC2)cc(-c2cncc(Cl)c2)c1. The Labute approximate surface area is 175 Å². The number of pyridine rings is 1. The zero-order valence-corrected chi connectivity index (χ0v) is 17.1. The van der Waals surface area contributed by atoms with Gasteiger partial charge in [0, 0.05) is 36.5 Å². The molecule has 1 amide bonds. The fourth-order valence-corrected chi connectivity index (χ4v) is 3.63. The van der Waals surface area contributed by atoms with Crippen LogP contribution in [0.15, 0.2) is 36.7 Å². The van der Waals surface area contributed by atoms with Crippen molar-refractivity contribution in [2.75, 3.05) is 33.4 Å². The standard InChI is InChI=1S/C21H26ClN3O4/c1-28-19-7-15(16-6-17(22)11-24-10-16)8-20(9-19)29-13-18(26)12-25-4-2-14(3-5-25)21(23)27/h6-11,14,18,26H,2-5,12-13H2,1H3,(H2,23,27). The molecule has 8 heteroatoms. The minimum Gasteiger partial charge on any atom is -0.497 e.